The molecule has 9 heteroatoms. The minimum absolute atomic E-state index is 0. The number of guanidine groups is 1. The zero-order valence-corrected chi connectivity index (χ0v) is 19.8. The van der Waals surface area contributed by atoms with Crippen molar-refractivity contribution in [3.05, 3.63) is 30.1 Å². The van der Waals surface area contributed by atoms with Crippen LogP contribution in [-0.4, -0.2) is 80.8 Å². The molecular formula is C21H32FIN4O3. The van der Waals surface area contributed by atoms with Crippen LogP contribution in [0.4, 0.5) is 4.39 Å². The molecule has 0 aromatic heterocycles. The van der Waals surface area contributed by atoms with Crippen LogP contribution in [0, 0.1) is 5.82 Å². The van der Waals surface area contributed by atoms with Crippen LogP contribution in [0.3, 0.4) is 0 Å². The quantitative estimate of drug-likeness (QED) is 0.252. The Labute approximate surface area is 195 Å². The van der Waals surface area contributed by atoms with Crippen LogP contribution < -0.4 is 10.1 Å². The molecule has 0 saturated carbocycles. The first-order valence-corrected chi connectivity index (χ1v) is 10.4. The van der Waals surface area contributed by atoms with E-state index in [1.54, 1.807) is 19.2 Å². The fourth-order valence-corrected chi connectivity index (χ4v) is 3.60. The van der Waals surface area contributed by atoms with E-state index in [-0.39, 0.29) is 41.8 Å². The van der Waals surface area contributed by atoms with Gasteiger partial charge in [-0.1, -0.05) is 0 Å². The topological polar surface area (TPSA) is 66.4 Å². The molecule has 168 valence electrons. The lowest BCUT2D eigenvalue weighted by Gasteiger charge is -2.37. The van der Waals surface area contributed by atoms with Crippen molar-refractivity contribution in [3.8, 4) is 5.75 Å². The SMILES string of the molecule is CN=C(NCCCCOc1ccc(F)cc1)N1CCN(C(=O)C2CCCO2)CC1.I. The van der Waals surface area contributed by atoms with Crippen molar-refractivity contribution in [1.82, 2.24) is 15.1 Å². The minimum Gasteiger partial charge on any atom is -0.494 e. The summed E-state index contributed by atoms with van der Waals surface area (Å²) in [6.07, 6.45) is 3.41. The number of unbranched alkanes of at least 4 members (excludes halogenated alkanes) is 1. The van der Waals surface area contributed by atoms with Crippen LogP contribution in [0.2, 0.25) is 0 Å². The third-order valence-electron chi connectivity index (χ3n) is 5.24. The van der Waals surface area contributed by atoms with Gasteiger partial charge in [-0.2, -0.15) is 0 Å². The first-order chi connectivity index (χ1) is 14.2. The van der Waals surface area contributed by atoms with E-state index in [0.29, 0.717) is 32.1 Å². The van der Waals surface area contributed by atoms with E-state index in [1.165, 1.54) is 12.1 Å². The lowest BCUT2D eigenvalue weighted by Crippen LogP contribution is -2.55. The predicted octanol–water partition coefficient (Wildman–Crippen LogP) is 2.50. The molecule has 0 bridgehead atoms. The molecule has 1 aromatic rings. The monoisotopic (exact) mass is 534 g/mol. The maximum atomic E-state index is 12.9. The van der Waals surface area contributed by atoms with Crippen LogP contribution in [0.25, 0.3) is 0 Å². The van der Waals surface area contributed by atoms with Gasteiger partial charge in [0.05, 0.1) is 6.61 Å². The molecule has 2 aliphatic heterocycles. The molecular weight excluding hydrogens is 502 g/mol. The van der Waals surface area contributed by atoms with Crippen molar-refractivity contribution in [3.63, 3.8) is 0 Å². The molecule has 30 heavy (non-hydrogen) atoms. The van der Waals surface area contributed by atoms with E-state index in [0.717, 1.165) is 51.3 Å². The standard InChI is InChI=1S/C21H31FN4O3.HI/c1-23-21(24-10-2-3-15-28-18-8-6-17(22)7-9-18)26-13-11-25(12-14-26)20(27)19-5-4-16-29-19;/h6-9,19H,2-5,10-16H2,1H3,(H,23,24);1H. The van der Waals surface area contributed by atoms with Crippen molar-refractivity contribution in [1.29, 1.82) is 0 Å². The zero-order valence-electron chi connectivity index (χ0n) is 17.5. The molecule has 2 heterocycles. The number of carbonyl (C=O) groups excluding carboxylic acids is 1. The van der Waals surface area contributed by atoms with Crippen LogP contribution >= 0.6 is 24.0 Å². The molecule has 7 nitrogen and oxygen atoms in total. The summed E-state index contributed by atoms with van der Waals surface area (Å²) in [6, 6.07) is 6.07. The van der Waals surface area contributed by atoms with Crippen molar-refractivity contribution in [2.75, 3.05) is 53.0 Å². The first-order valence-electron chi connectivity index (χ1n) is 10.4. The fourth-order valence-electron chi connectivity index (χ4n) is 3.60. The number of nitrogens with zero attached hydrogens (tertiary/aromatic N) is 3. The maximum absolute atomic E-state index is 12.9. The van der Waals surface area contributed by atoms with Crippen molar-refractivity contribution >= 4 is 35.8 Å². The molecule has 0 spiro atoms. The number of rotatable bonds is 7. The lowest BCUT2D eigenvalue weighted by atomic mass is 10.2. The van der Waals surface area contributed by atoms with Crippen LogP contribution in [0.1, 0.15) is 25.7 Å². The summed E-state index contributed by atoms with van der Waals surface area (Å²) in [6.45, 7) is 5.03. The summed E-state index contributed by atoms with van der Waals surface area (Å²) in [5.74, 6) is 1.43. The summed E-state index contributed by atoms with van der Waals surface area (Å²) in [4.78, 5) is 20.9. The number of carbonyl (C=O) groups is 1. The van der Waals surface area contributed by atoms with Gasteiger partial charge in [0.2, 0.25) is 0 Å². The second kappa shape index (κ2) is 12.9. The number of aliphatic imine (C=N–C) groups is 1. The highest BCUT2D eigenvalue weighted by Crippen LogP contribution is 2.16. The Morgan fingerprint density at radius 2 is 1.90 bits per heavy atom. The van der Waals surface area contributed by atoms with Gasteiger partial charge in [0.25, 0.3) is 5.91 Å². The average Bonchev–Trinajstić information content (AvgIpc) is 3.29. The molecule has 2 aliphatic rings. The third-order valence-corrected chi connectivity index (χ3v) is 5.24. The van der Waals surface area contributed by atoms with Crippen molar-refractivity contribution in [2.24, 2.45) is 4.99 Å². The summed E-state index contributed by atoms with van der Waals surface area (Å²) in [7, 11) is 1.78. The van der Waals surface area contributed by atoms with E-state index < -0.39 is 0 Å². The van der Waals surface area contributed by atoms with Crippen LogP contribution in [0.15, 0.2) is 29.3 Å². The van der Waals surface area contributed by atoms with Gasteiger partial charge in [0.15, 0.2) is 5.96 Å². The molecule has 1 amide bonds. The Bertz CT molecular complexity index is 675. The van der Waals surface area contributed by atoms with Crippen LogP contribution in [-0.2, 0) is 9.53 Å². The lowest BCUT2D eigenvalue weighted by molar-refractivity contribution is -0.142. The zero-order chi connectivity index (χ0) is 20.5. The van der Waals surface area contributed by atoms with E-state index >= 15 is 0 Å². The number of ether oxygens (including phenoxy) is 2. The second-order valence-corrected chi connectivity index (χ2v) is 7.30. The molecule has 0 aliphatic carbocycles. The van der Waals surface area contributed by atoms with Gasteiger partial charge >= 0.3 is 0 Å². The number of benzene rings is 1. The Kier molecular flexibility index (Phi) is 10.6. The van der Waals surface area contributed by atoms with Gasteiger partial charge in [-0.25, -0.2) is 4.39 Å². The summed E-state index contributed by atoms with van der Waals surface area (Å²) < 4.78 is 24.0. The molecule has 1 N–H and O–H groups in total. The minimum atomic E-state index is -0.259. The predicted molar refractivity (Wildman–Crippen MR) is 125 cm³/mol. The second-order valence-electron chi connectivity index (χ2n) is 7.30. The normalized spacial score (nSPS) is 19.4. The maximum Gasteiger partial charge on any atom is 0.251 e. The Morgan fingerprint density at radius 1 is 1.20 bits per heavy atom. The fraction of sp³-hybridized carbons (Fsp3) is 0.619. The van der Waals surface area contributed by atoms with Crippen molar-refractivity contribution in [2.45, 2.75) is 31.8 Å². The summed E-state index contributed by atoms with van der Waals surface area (Å²) in [5.41, 5.74) is 0. The summed E-state index contributed by atoms with van der Waals surface area (Å²) in [5, 5.41) is 3.39. The van der Waals surface area contributed by atoms with E-state index in [1.807, 2.05) is 4.90 Å². The van der Waals surface area contributed by atoms with Crippen LogP contribution in [0.5, 0.6) is 5.75 Å². The summed E-state index contributed by atoms with van der Waals surface area (Å²) >= 11 is 0. The number of halogens is 2. The largest absolute Gasteiger partial charge is 0.494 e. The van der Waals surface area contributed by atoms with Gasteiger partial charge in [-0.3, -0.25) is 9.79 Å². The van der Waals surface area contributed by atoms with E-state index in [4.69, 9.17) is 9.47 Å². The molecule has 1 atom stereocenters. The molecule has 1 aromatic carbocycles. The number of piperazine rings is 1. The molecule has 2 saturated heterocycles. The van der Waals surface area contributed by atoms with Gasteiger partial charge in [-0.15, -0.1) is 24.0 Å². The Balaban J connectivity index is 0.00000320. The molecule has 3 rings (SSSR count). The highest BCUT2D eigenvalue weighted by Gasteiger charge is 2.30. The van der Waals surface area contributed by atoms with Gasteiger partial charge in [-0.05, 0) is 49.9 Å². The Morgan fingerprint density at radius 3 is 2.53 bits per heavy atom. The number of hydrogen-bond donors (Lipinski definition) is 1. The third kappa shape index (κ3) is 7.26. The average molecular weight is 534 g/mol. The number of nitrogens with one attached hydrogen (secondary N) is 1. The highest BCUT2D eigenvalue weighted by atomic mass is 127. The van der Waals surface area contributed by atoms with Gasteiger partial charge in [0, 0.05) is 46.4 Å². The number of amides is 1. The van der Waals surface area contributed by atoms with E-state index in [9.17, 15) is 9.18 Å². The Hall–Kier alpha value is -1.62. The van der Waals surface area contributed by atoms with Gasteiger partial charge < -0.3 is 24.6 Å². The molecule has 2 fully saturated rings. The van der Waals surface area contributed by atoms with E-state index in [2.05, 4.69) is 15.2 Å². The highest BCUT2D eigenvalue weighted by molar-refractivity contribution is 14.0. The number of hydrogen-bond acceptors (Lipinski definition) is 4. The molecule has 0 radical (unpaired) electrons. The van der Waals surface area contributed by atoms with Gasteiger partial charge in [0.1, 0.15) is 17.7 Å². The first kappa shape index (κ1) is 24.6. The smallest absolute Gasteiger partial charge is 0.251 e. The molecule has 1 unspecified atom stereocenters. The van der Waals surface area contributed by atoms with Crippen molar-refractivity contribution < 1.29 is 18.7 Å².